The first-order valence-electron chi connectivity index (χ1n) is 7.33. The topological polar surface area (TPSA) is 108 Å². The summed E-state index contributed by atoms with van der Waals surface area (Å²) in [4.78, 5) is 35.3. The average Bonchev–Trinajstić information content (AvgIpc) is 2.39. The Morgan fingerprint density at radius 3 is 2.14 bits per heavy atom. The van der Waals surface area contributed by atoms with Gasteiger partial charge in [-0.05, 0) is 33.1 Å². The van der Waals surface area contributed by atoms with Gasteiger partial charge in [-0.2, -0.15) is 0 Å². The first kappa shape index (κ1) is 20.4. The highest BCUT2D eigenvalue weighted by Gasteiger charge is 2.27. The Labute approximate surface area is 131 Å². The molecule has 0 unspecified atom stereocenters. The molecule has 0 fully saturated rings. The summed E-state index contributed by atoms with van der Waals surface area (Å²) in [7, 11) is 1.22. The van der Waals surface area contributed by atoms with Gasteiger partial charge in [-0.3, -0.25) is 9.59 Å². The third-order valence-electron chi connectivity index (χ3n) is 2.88. The SMILES string of the molecule is COC(=O)[C@H](CCC(=O)OC(C)(C)C)NC(=O)[C@@H](N)C(C)C. The zero-order valence-corrected chi connectivity index (χ0v) is 14.3. The zero-order chi connectivity index (χ0) is 17.5. The van der Waals surface area contributed by atoms with Crippen molar-refractivity contribution in [3.8, 4) is 0 Å². The van der Waals surface area contributed by atoms with Gasteiger partial charge in [0.1, 0.15) is 11.6 Å². The number of hydrogen-bond donors (Lipinski definition) is 2. The lowest BCUT2D eigenvalue weighted by atomic mass is 10.0. The second-order valence-corrected chi connectivity index (χ2v) is 6.48. The molecule has 0 heterocycles. The van der Waals surface area contributed by atoms with E-state index in [2.05, 4.69) is 10.1 Å². The van der Waals surface area contributed by atoms with Crippen molar-refractivity contribution in [3.05, 3.63) is 0 Å². The van der Waals surface area contributed by atoms with Crippen molar-refractivity contribution in [2.24, 2.45) is 11.7 Å². The van der Waals surface area contributed by atoms with Crippen molar-refractivity contribution < 1.29 is 23.9 Å². The van der Waals surface area contributed by atoms with Gasteiger partial charge in [0.2, 0.25) is 5.91 Å². The quantitative estimate of drug-likeness (QED) is 0.671. The fourth-order valence-electron chi connectivity index (χ4n) is 1.62. The second-order valence-electron chi connectivity index (χ2n) is 6.48. The predicted octanol–water partition coefficient (Wildman–Crippen LogP) is 0.749. The van der Waals surface area contributed by atoms with E-state index in [1.165, 1.54) is 7.11 Å². The minimum Gasteiger partial charge on any atom is -0.467 e. The van der Waals surface area contributed by atoms with Crippen molar-refractivity contribution in [1.29, 1.82) is 0 Å². The highest BCUT2D eigenvalue weighted by Crippen LogP contribution is 2.11. The van der Waals surface area contributed by atoms with E-state index in [1.54, 1.807) is 34.6 Å². The Morgan fingerprint density at radius 2 is 1.73 bits per heavy atom. The first-order chi connectivity index (χ1) is 9.97. The summed E-state index contributed by atoms with van der Waals surface area (Å²) in [5, 5.41) is 2.52. The highest BCUT2D eigenvalue weighted by atomic mass is 16.6. The lowest BCUT2D eigenvalue weighted by Crippen LogP contribution is -2.50. The lowest BCUT2D eigenvalue weighted by molar-refractivity contribution is -0.155. The zero-order valence-electron chi connectivity index (χ0n) is 14.3. The summed E-state index contributed by atoms with van der Waals surface area (Å²) in [6, 6.07) is -1.65. The molecule has 0 aromatic rings. The standard InChI is InChI=1S/C15H28N2O5/c1-9(2)12(16)13(19)17-10(14(20)21-6)7-8-11(18)22-15(3,4)5/h9-10,12H,7-8,16H2,1-6H3,(H,17,19)/t10-,12-/m0/s1. The monoisotopic (exact) mass is 316 g/mol. The second kappa shape index (κ2) is 8.73. The fraction of sp³-hybridized carbons (Fsp3) is 0.800. The van der Waals surface area contributed by atoms with Gasteiger partial charge in [0.05, 0.1) is 13.2 Å². The number of esters is 2. The van der Waals surface area contributed by atoms with Crippen LogP contribution in [0.5, 0.6) is 0 Å². The van der Waals surface area contributed by atoms with Crippen molar-refractivity contribution in [2.75, 3.05) is 7.11 Å². The molecule has 0 aromatic carbocycles. The van der Waals surface area contributed by atoms with E-state index in [0.29, 0.717) is 0 Å². The summed E-state index contributed by atoms with van der Waals surface area (Å²) >= 11 is 0. The van der Waals surface area contributed by atoms with Crippen LogP contribution in [0.3, 0.4) is 0 Å². The van der Waals surface area contributed by atoms with Crippen LogP contribution in [0.15, 0.2) is 0 Å². The third kappa shape index (κ3) is 7.97. The maximum atomic E-state index is 11.9. The molecular weight excluding hydrogens is 288 g/mol. The van der Waals surface area contributed by atoms with Crippen LogP contribution in [-0.4, -0.2) is 42.6 Å². The number of carbonyl (C=O) groups is 3. The van der Waals surface area contributed by atoms with Crippen molar-refractivity contribution in [3.63, 3.8) is 0 Å². The fourth-order valence-corrected chi connectivity index (χ4v) is 1.62. The molecule has 7 heteroatoms. The Bertz CT molecular complexity index is 401. The Kier molecular flexibility index (Phi) is 8.08. The third-order valence-corrected chi connectivity index (χ3v) is 2.88. The van der Waals surface area contributed by atoms with Gasteiger partial charge in [0.25, 0.3) is 0 Å². The molecule has 0 bridgehead atoms. The molecule has 0 aliphatic rings. The average molecular weight is 316 g/mol. The lowest BCUT2D eigenvalue weighted by Gasteiger charge is -2.22. The minimum absolute atomic E-state index is 0.00572. The predicted molar refractivity (Wildman–Crippen MR) is 81.8 cm³/mol. The first-order valence-corrected chi connectivity index (χ1v) is 7.33. The smallest absolute Gasteiger partial charge is 0.328 e. The number of methoxy groups -OCH3 is 1. The van der Waals surface area contributed by atoms with Crippen LogP contribution in [-0.2, 0) is 23.9 Å². The van der Waals surface area contributed by atoms with Crippen LogP contribution in [0, 0.1) is 5.92 Å². The van der Waals surface area contributed by atoms with Crippen LogP contribution in [0.1, 0.15) is 47.5 Å². The van der Waals surface area contributed by atoms with Crippen LogP contribution in [0.2, 0.25) is 0 Å². The number of ether oxygens (including phenoxy) is 2. The Hall–Kier alpha value is -1.63. The molecule has 0 aliphatic heterocycles. The number of hydrogen-bond acceptors (Lipinski definition) is 6. The number of amides is 1. The summed E-state index contributed by atoms with van der Waals surface area (Å²) in [5.41, 5.74) is 5.14. The van der Waals surface area contributed by atoms with Crippen LogP contribution in [0.25, 0.3) is 0 Å². The summed E-state index contributed by atoms with van der Waals surface area (Å²) < 4.78 is 9.80. The van der Waals surface area contributed by atoms with E-state index in [4.69, 9.17) is 10.5 Å². The van der Waals surface area contributed by atoms with Gasteiger partial charge >= 0.3 is 11.9 Å². The van der Waals surface area contributed by atoms with Gasteiger partial charge < -0.3 is 20.5 Å². The largest absolute Gasteiger partial charge is 0.467 e. The number of carbonyl (C=O) groups excluding carboxylic acids is 3. The summed E-state index contributed by atoms with van der Waals surface area (Å²) in [5.74, 6) is -1.57. The molecule has 0 aromatic heterocycles. The molecule has 128 valence electrons. The molecule has 2 atom stereocenters. The van der Waals surface area contributed by atoms with Crippen molar-refractivity contribution >= 4 is 17.8 Å². The van der Waals surface area contributed by atoms with E-state index in [0.717, 1.165) is 0 Å². The normalized spacial score (nSPS) is 14.2. The van der Waals surface area contributed by atoms with Crippen molar-refractivity contribution in [1.82, 2.24) is 5.32 Å². The maximum absolute atomic E-state index is 11.9. The van der Waals surface area contributed by atoms with E-state index < -0.39 is 35.5 Å². The van der Waals surface area contributed by atoms with E-state index in [-0.39, 0.29) is 18.8 Å². The van der Waals surface area contributed by atoms with Gasteiger partial charge in [0.15, 0.2) is 0 Å². The number of rotatable bonds is 7. The van der Waals surface area contributed by atoms with E-state index in [9.17, 15) is 14.4 Å². The molecule has 22 heavy (non-hydrogen) atoms. The minimum atomic E-state index is -0.921. The Balaban J connectivity index is 4.64. The van der Waals surface area contributed by atoms with Crippen molar-refractivity contribution in [2.45, 2.75) is 65.1 Å². The van der Waals surface area contributed by atoms with Gasteiger partial charge in [-0.1, -0.05) is 13.8 Å². The van der Waals surface area contributed by atoms with Crippen LogP contribution < -0.4 is 11.1 Å². The Morgan fingerprint density at radius 1 is 1.18 bits per heavy atom. The molecule has 0 saturated heterocycles. The number of nitrogens with two attached hydrogens (primary N) is 1. The van der Waals surface area contributed by atoms with E-state index >= 15 is 0 Å². The molecule has 1 amide bonds. The molecule has 0 rings (SSSR count). The molecule has 0 spiro atoms. The highest BCUT2D eigenvalue weighted by molar-refractivity contribution is 5.87. The van der Waals surface area contributed by atoms with Crippen LogP contribution in [0.4, 0.5) is 0 Å². The summed E-state index contributed by atoms with van der Waals surface area (Å²) in [6.07, 6.45) is 0.0897. The molecule has 7 nitrogen and oxygen atoms in total. The molecule has 3 N–H and O–H groups in total. The van der Waals surface area contributed by atoms with Crippen LogP contribution >= 0.6 is 0 Å². The number of nitrogens with one attached hydrogen (secondary N) is 1. The van der Waals surface area contributed by atoms with E-state index in [1.807, 2.05) is 0 Å². The molecule has 0 saturated carbocycles. The summed E-state index contributed by atoms with van der Waals surface area (Å²) in [6.45, 7) is 8.88. The van der Waals surface area contributed by atoms with Gasteiger partial charge in [-0.15, -0.1) is 0 Å². The maximum Gasteiger partial charge on any atom is 0.328 e. The molecule has 0 aliphatic carbocycles. The molecule has 0 radical (unpaired) electrons. The van der Waals surface area contributed by atoms with Gasteiger partial charge in [0, 0.05) is 6.42 Å². The molecular formula is C15H28N2O5. The van der Waals surface area contributed by atoms with Gasteiger partial charge in [-0.25, -0.2) is 4.79 Å².